The van der Waals surface area contributed by atoms with E-state index in [0.29, 0.717) is 48.7 Å². The van der Waals surface area contributed by atoms with Gasteiger partial charge in [-0.15, -0.1) is 0 Å². The molecule has 13 unspecified atom stereocenters. The van der Waals surface area contributed by atoms with Gasteiger partial charge in [-0.3, -0.25) is 0 Å². The van der Waals surface area contributed by atoms with Crippen LogP contribution in [0.5, 0.6) is 0 Å². The van der Waals surface area contributed by atoms with Gasteiger partial charge in [0.15, 0.2) is 0 Å². The zero-order chi connectivity index (χ0) is 30.3. The van der Waals surface area contributed by atoms with Crippen LogP contribution in [-0.2, 0) is 4.74 Å². The monoisotopic (exact) mass is 617 g/mol. The maximum absolute atomic E-state index is 7.38. The fourth-order valence-electron chi connectivity index (χ4n) is 15.0. The van der Waals surface area contributed by atoms with Gasteiger partial charge in [0.25, 0.3) is 6.71 Å². The van der Waals surface area contributed by atoms with Crippen LogP contribution in [0, 0.1) is 55.3 Å². The van der Waals surface area contributed by atoms with Crippen molar-refractivity contribution in [1.82, 2.24) is 9.80 Å². The molecule has 46 heavy (non-hydrogen) atoms. The lowest BCUT2D eigenvalue weighted by atomic mass is 9.29. The first kappa shape index (κ1) is 28.0. The molecular weight excluding hydrogens is 561 g/mol. The summed E-state index contributed by atoms with van der Waals surface area (Å²) in [5.74, 6) is 7.98. The topological polar surface area (TPSA) is 28.1 Å². The van der Waals surface area contributed by atoms with Gasteiger partial charge in [-0.2, -0.15) is 0 Å². The van der Waals surface area contributed by atoms with E-state index in [1.807, 2.05) is 0 Å². The minimum Gasteiger partial charge on any atom is -0.502 e. The molecule has 6 saturated carbocycles. The van der Waals surface area contributed by atoms with Gasteiger partial charge in [0.1, 0.15) is 6.10 Å². The molecule has 1 aromatic carbocycles. The molecule has 0 N–H and O–H groups in total. The van der Waals surface area contributed by atoms with Crippen LogP contribution in [0.3, 0.4) is 0 Å². The molecule has 0 aromatic heterocycles. The molecule has 4 aliphatic heterocycles. The van der Waals surface area contributed by atoms with Crippen molar-refractivity contribution < 1.29 is 4.74 Å². The lowest BCUT2D eigenvalue weighted by Gasteiger charge is -2.65. The van der Waals surface area contributed by atoms with E-state index in [1.54, 1.807) is 11.2 Å². The van der Waals surface area contributed by atoms with Crippen LogP contribution < -0.4 is 5.46 Å². The summed E-state index contributed by atoms with van der Waals surface area (Å²) in [5.41, 5.74) is 7.64. The summed E-state index contributed by atoms with van der Waals surface area (Å²) in [6, 6.07) is 9.60. The summed E-state index contributed by atoms with van der Waals surface area (Å²) >= 11 is 0. The first-order chi connectivity index (χ1) is 22.7. The van der Waals surface area contributed by atoms with E-state index >= 15 is 0 Å². The largest absolute Gasteiger partial charge is 0.502 e. The summed E-state index contributed by atoms with van der Waals surface area (Å²) in [4.78, 5) is 12.4. The van der Waals surface area contributed by atoms with Crippen molar-refractivity contribution in [2.75, 3.05) is 0 Å². The number of benzene rings is 1. The van der Waals surface area contributed by atoms with E-state index in [1.165, 1.54) is 132 Å². The minimum absolute atomic E-state index is 0.383. The molecule has 10 aliphatic rings. The van der Waals surface area contributed by atoms with Crippen molar-refractivity contribution in [3.05, 3.63) is 40.7 Å². The van der Waals surface area contributed by atoms with Gasteiger partial charge in [0.2, 0.25) is 5.96 Å². The van der Waals surface area contributed by atoms with E-state index in [2.05, 4.69) is 41.8 Å². The van der Waals surface area contributed by atoms with Crippen molar-refractivity contribution in [3.8, 4) is 0 Å². The molecule has 244 valence electrons. The van der Waals surface area contributed by atoms with Crippen molar-refractivity contribution in [3.63, 3.8) is 0 Å². The van der Waals surface area contributed by atoms with Gasteiger partial charge in [0, 0.05) is 23.9 Å². The van der Waals surface area contributed by atoms with Gasteiger partial charge >= 0.3 is 0 Å². The number of aryl methyl sites for hydroxylation is 2. The maximum Gasteiger partial charge on any atom is 0.262 e. The smallest absolute Gasteiger partial charge is 0.262 e. The number of guanidine groups is 1. The fourth-order valence-corrected chi connectivity index (χ4v) is 15.0. The van der Waals surface area contributed by atoms with Gasteiger partial charge < -0.3 is 14.5 Å². The van der Waals surface area contributed by atoms with Crippen LogP contribution in [0.2, 0.25) is 5.82 Å². The lowest BCUT2D eigenvalue weighted by Crippen LogP contribution is -2.73. The number of aliphatic imine (C=N–C) groups is 1. The summed E-state index contributed by atoms with van der Waals surface area (Å²) in [5, 5.41) is 0. The fraction of sp³-hybridized carbons (Fsp3) is 0.780. The summed E-state index contributed by atoms with van der Waals surface area (Å²) in [6.07, 6.45) is 24.5. The van der Waals surface area contributed by atoms with E-state index in [4.69, 9.17) is 9.73 Å². The van der Waals surface area contributed by atoms with Crippen LogP contribution in [0.25, 0.3) is 0 Å². The number of hydrogen-bond acceptors (Lipinski definition) is 4. The van der Waals surface area contributed by atoms with Crippen LogP contribution in [-0.4, -0.2) is 52.7 Å². The summed E-state index contributed by atoms with van der Waals surface area (Å²) < 4.78 is 7.38. The van der Waals surface area contributed by atoms with Gasteiger partial charge in [-0.05, 0) is 107 Å². The molecule has 0 amide bonds. The molecular formula is C41H56BN3O. The molecule has 4 nitrogen and oxygen atoms in total. The van der Waals surface area contributed by atoms with E-state index in [9.17, 15) is 0 Å². The summed E-state index contributed by atoms with van der Waals surface area (Å²) in [6.45, 7) is 5.20. The second kappa shape index (κ2) is 10.3. The maximum atomic E-state index is 7.38. The number of rotatable bonds is 1. The van der Waals surface area contributed by atoms with Crippen molar-refractivity contribution in [2.45, 2.75) is 159 Å². The minimum atomic E-state index is 0.383. The average molecular weight is 618 g/mol. The Kier molecular flexibility index (Phi) is 6.27. The van der Waals surface area contributed by atoms with E-state index < -0.39 is 0 Å². The highest BCUT2D eigenvalue weighted by Crippen LogP contribution is 2.63. The van der Waals surface area contributed by atoms with Crippen LogP contribution in [0.4, 0.5) is 0 Å². The molecule has 6 aliphatic carbocycles. The molecule has 1 aromatic rings. The Morgan fingerprint density at radius 1 is 0.717 bits per heavy atom. The Morgan fingerprint density at radius 3 is 2.26 bits per heavy atom. The Morgan fingerprint density at radius 2 is 1.43 bits per heavy atom. The number of nitrogens with zero attached hydrogens (tertiary/aromatic N) is 3. The zero-order valence-corrected chi connectivity index (χ0v) is 28.6. The lowest BCUT2D eigenvalue weighted by molar-refractivity contribution is -0.0758. The van der Waals surface area contributed by atoms with E-state index in [-0.39, 0.29) is 0 Å². The first-order valence-corrected chi connectivity index (χ1v) is 20.3. The molecule has 7 fully saturated rings. The van der Waals surface area contributed by atoms with Gasteiger partial charge in [-0.1, -0.05) is 86.2 Å². The highest BCUT2D eigenvalue weighted by atomic mass is 16.5. The van der Waals surface area contributed by atoms with Crippen LogP contribution in [0.1, 0.15) is 120 Å². The Bertz CT molecular complexity index is 1470. The Hall–Kier alpha value is -1.91. The van der Waals surface area contributed by atoms with Crippen molar-refractivity contribution >= 4 is 18.1 Å². The Labute approximate surface area is 278 Å². The number of ether oxygens (including phenoxy) is 1. The third-order valence-corrected chi connectivity index (χ3v) is 16.4. The molecule has 11 rings (SSSR count). The molecule has 13 atom stereocenters. The quantitative estimate of drug-likeness (QED) is 0.299. The van der Waals surface area contributed by atoms with Gasteiger partial charge in [0.05, 0.1) is 23.4 Å². The second-order valence-corrected chi connectivity index (χ2v) is 18.1. The standard InChI is InChI=1S/C41H56BN3O/c1-23-11-9-12-24(2)35(23)42-31-22-21-25-13-10-19-32-34(25)39(31)45(38-30-18-7-8-20-33(30)46-40(38)42)41-43-36-28-16-5-3-14-26(28)27-15-4-6-17-29(27)37(36)44(32)41/h9,11-12,25-34,36-37,39H,3-8,10,13-22H2,1-2H3. The molecule has 0 spiro atoms. The highest BCUT2D eigenvalue weighted by molar-refractivity contribution is 6.81. The van der Waals surface area contributed by atoms with E-state index in [0.717, 1.165) is 35.5 Å². The molecule has 0 bridgehead atoms. The number of hydrogen-bond donors (Lipinski definition) is 0. The number of fused-ring (bicyclic) bond motifs is 13. The second-order valence-electron chi connectivity index (χ2n) is 18.1. The van der Waals surface area contributed by atoms with Crippen LogP contribution in [0.15, 0.2) is 34.5 Å². The third-order valence-electron chi connectivity index (χ3n) is 16.4. The third kappa shape index (κ3) is 3.62. The van der Waals surface area contributed by atoms with Crippen molar-refractivity contribution in [1.29, 1.82) is 0 Å². The zero-order valence-electron chi connectivity index (χ0n) is 28.6. The predicted octanol–water partition coefficient (Wildman–Crippen LogP) is 8.03. The molecule has 4 heterocycles. The molecule has 1 saturated heterocycles. The Balaban J connectivity index is 1.13. The normalized spacial score (nSPS) is 46.6. The van der Waals surface area contributed by atoms with Crippen LogP contribution >= 0.6 is 0 Å². The average Bonchev–Trinajstić information content (AvgIpc) is 3.68. The highest BCUT2D eigenvalue weighted by Gasteiger charge is 2.67. The molecule has 0 radical (unpaired) electrons. The molecule has 5 heteroatoms. The predicted molar refractivity (Wildman–Crippen MR) is 186 cm³/mol. The SMILES string of the molecule is Cc1cccc(C)c1B1C2=C(C3CCCCC3O2)N2C3=NC4C5CCCCC5C5CCCCC5C4N3C3CCCC4CCC1C2C43. The van der Waals surface area contributed by atoms with Crippen molar-refractivity contribution in [2.24, 2.45) is 46.4 Å². The first-order valence-electron chi connectivity index (χ1n) is 20.3. The van der Waals surface area contributed by atoms with Gasteiger partial charge in [-0.25, -0.2) is 4.99 Å². The summed E-state index contributed by atoms with van der Waals surface area (Å²) in [7, 11) is 0.